The molecular weight excluding hydrogens is 330 g/mol. The van der Waals surface area contributed by atoms with Gasteiger partial charge in [0.2, 0.25) is 5.91 Å². The number of rotatable bonds is 5. The second-order valence-electron chi connectivity index (χ2n) is 6.22. The van der Waals surface area contributed by atoms with Crippen LogP contribution in [0.5, 0.6) is 0 Å². The van der Waals surface area contributed by atoms with Gasteiger partial charge in [-0.1, -0.05) is 36.4 Å². The molecule has 0 saturated carbocycles. The third-order valence-electron chi connectivity index (χ3n) is 4.53. The molecule has 1 heterocycles. The van der Waals surface area contributed by atoms with Crippen molar-refractivity contribution in [1.82, 2.24) is 10.2 Å². The van der Waals surface area contributed by atoms with Gasteiger partial charge in [-0.3, -0.25) is 9.59 Å². The highest BCUT2D eigenvalue weighted by atomic mass is 16.3. The molecule has 1 aliphatic rings. The monoisotopic (exact) mass is 353 g/mol. The summed E-state index contributed by atoms with van der Waals surface area (Å²) in [7, 11) is 0. The number of carbonyl (C=O) groups excluding carboxylic acids is 2. The maximum absolute atomic E-state index is 12.7. The van der Waals surface area contributed by atoms with Gasteiger partial charge in [0.05, 0.1) is 6.61 Å². The quantitative estimate of drug-likeness (QED) is 0.845. The topological polar surface area (TPSA) is 72.9 Å². The van der Waals surface area contributed by atoms with Crippen LogP contribution in [0.2, 0.25) is 0 Å². The number of nitrogens with one attached hydrogen (secondary N) is 1. The lowest BCUT2D eigenvalue weighted by atomic mass is 10.1. The Morgan fingerprint density at radius 2 is 1.50 bits per heavy atom. The van der Waals surface area contributed by atoms with Crippen molar-refractivity contribution in [2.24, 2.45) is 0 Å². The molecule has 6 nitrogen and oxygen atoms in total. The first-order valence-electron chi connectivity index (χ1n) is 8.74. The van der Waals surface area contributed by atoms with E-state index < -0.39 is 12.6 Å². The molecule has 136 valence electrons. The second-order valence-corrected chi connectivity index (χ2v) is 6.22. The van der Waals surface area contributed by atoms with E-state index in [1.807, 2.05) is 36.4 Å². The Morgan fingerprint density at radius 3 is 2.08 bits per heavy atom. The molecule has 1 aliphatic heterocycles. The zero-order chi connectivity index (χ0) is 18.4. The van der Waals surface area contributed by atoms with Crippen LogP contribution in [0.25, 0.3) is 0 Å². The van der Waals surface area contributed by atoms with Crippen LogP contribution < -0.4 is 10.2 Å². The van der Waals surface area contributed by atoms with Crippen molar-refractivity contribution in [1.29, 1.82) is 0 Å². The van der Waals surface area contributed by atoms with Crippen molar-refractivity contribution < 1.29 is 14.7 Å². The zero-order valence-corrected chi connectivity index (χ0v) is 14.5. The first kappa shape index (κ1) is 17.9. The maximum Gasteiger partial charge on any atom is 0.251 e. The zero-order valence-electron chi connectivity index (χ0n) is 14.5. The van der Waals surface area contributed by atoms with E-state index in [9.17, 15) is 14.7 Å². The number of aliphatic hydroxyl groups is 1. The van der Waals surface area contributed by atoms with Gasteiger partial charge in [0.15, 0.2) is 0 Å². The Bertz CT molecular complexity index is 728. The van der Waals surface area contributed by atoms with E-state index in [2.05, 4.69) is 10.2 Å². The third-order valence-corrected chi connectivity index (χ3v) is 4.53. The average molecular weight is 353 g/mol. The summed E-state index contributed by atoms with van der Waals surface area (Å²) < 4.78 is 0. The number of anilines is 1. The van der Waals surface area contributed by atoms with Crippen LogP contribution in [0.3, 0.4) is 0 Å². The maximum atomic E-state index is 12.7. The van der Waals surface area contributed by atoms with Crippen LogP contribution in [0.15, 0.2) is 60.7 Å². The summed E-state index contributed by atoms with van der Waals surface area (Å²) in [5.74, 6) is -0.606. The van der Waals surface area contributed by atoms with Crippen LogP contribution in [0, 0.1) is 0 Å². The summed E-state index contributed by atoms with van der Waals surface area (Å²) in [6.45, 7) is 2.15. The number of piperazine rings is 1. The molecule has 0 bridgehead atoms. The minimum atomic E-state index is -0.925. The smallest absolute Gasteiger partial charge is 0.251 e. The lowest BCUT2D eigenvalue weighted by molar-refractivity contribution is -0.134. The largest absolute Gasteiger partial charge is 0.394 e. The molecule has 3 rings (SSSR count). The summed E-state index contributed by atoms with van der Waals surface area (Å²) in [6, 6.07) is 17.8. The molecule has 26 heavy (non-hydrogen) atoms. The van der Waals surface area contributed by atoms with Crippen LogP contribution in [0.4, 0.5) is 5.69 Å². The SMILES string of the molecule is O=C(NC(CO)C(=O)N1CCN(c2ccccc2)CC1)c1ccccc1. The van der Waals surface area contributed by atoms with Crippen molar-refractivity contribution >= 4 is 17.5 Å². The molecular formula is C20H23N3O3. The molecule has 2 aromatic rings. The highest BCUT2D eigenvalue weighted by Crippen LogP contribution is 2.16. The Kier molecular flexibility index (Phi) is 5.86. The summed E-state index contributed by atoms with van der Waals surface area (Å²) in [6.07, 6.45) is 0. The molecule has 1 unspecified atom stereocenters. The highest BCUT2D eigenvalue weighted by Gasteiger charge is 2.28. The first-order chi connectivity index (χ1) is 12.7. The van der Waals surface area contributed by atoms with E-state index in [4.69, 9.17) is 0 Å². The standard InChI is InChI=1S/C20H23N3O3/c24-15-18(21-19(25)16-7-3-1-4-8-16)20(26)23-13-11-22(12-14-23)17-9-5-2-6-10-17/h1-10,18,24H,11-15H2,(H,21,25). The summed E-state index contributed by atoms with van der Waals surface area (Å²) in [5, 5.41) is 12.2. The third kappa shape index (κ3) is 4.21. The fourth-order valence-electron chi connectivity index (χ4n) is 3.06. The summed E-state index contributed by atoms with van der Waals surface area (Å²) in [4.78, 5) is 28.8. The lowest BCUT2D eigenvalue weighted by Crippen LogP contribution is -2.56. The second kappa shape index (κ2) is 8.49. The Hall–Kier alpha value is -2.86. The fraction of sp³-hybridized carbons (Fsp3) is 0.300. The lowest BCUT2D eigenvalue weighted by Gasteiger charge is -2.37. The Labute approximate surface area is 153 Å². The molecule has 2 amide bonds. The Balaban J connectivity index is 1.57. The van der Waals surface area contributed by atoms with Gasteiger partial charge in [0, 0.05) is 37.4 Å². The van der Waals surface area contributed by atoms with Gasteiger partial charge < -0.3 is 20.2 Å². The molecule has 0 radical (unpaired) electrons. The van der Waals surface area contributed by atoms with Crippen molar-refractivity contribution in [3.63, 3.8) is 0 Å². The van der Waals surface area contributed by atoms with Gasteiger partial charge in [-0.05, 0) is 24.3 Å². The number of hydrogen-bond acceptors (Lipinski definition) is 4. The number of amides is 2. The molecule has 2 aromatic carbocycles. The van der Waals surface area contributed by atoms with Gasteiger partial charge in [0.1, 0.15) is 6.04 Å². The van der Waals surface area contributed by atoms with Gasteiger partial charge in [0.25, 0.3) is 5.91 Å². The number of nitrogens with zero attached hydrogens (tertiary/aromatic N) is 2. The van der Waals surface area contributed by atoms with Gasteiger partial charge >= 0.3 is 0 Å². The van der Waals surface area contributed by atoms with Crippen LogP contribution in [-0.2, 0) is 4.79 Å². The van der Waals surface area contributed by atoms with E-state index in [-0.39, 0.29) is 11.8 Å². The summed E-state index contributed by atoms with van der Waals surface area (Å²) in [5.41, 5.74) is 1.60. The molecule has 0 aromatic heterocycles. The molecule has 0 aliphatic carbocycles. The normalized spacial score (nSPS) is 15.4. The van der Waals surface area contributed by atoms with Crippen LogP contribution in [0.1, 0.15) is 10.4 Å². The highest BCUT2D eigenvalue weighted by molar-refractivity contribution is 5.97. The summed E-state index contributed by atoms with van der Waals surface area (Å²) >= 11 is 0. The van der Waals surface area contributed by atoms with Crippen molar-refractivity contribution in [2.45, 2.75) is 6.04 Å². The van der Waals surface area contributed by atoms with Crippen LogP contribution in [-0.4, -0.2) is 60.6 Å². The van der Waals surface area contributed by atoms with E-state index in [0.29, 0.717) is 18.7 Å². The molecule has 1 atom stereocenters. The number of benzene rings is 2. The van der Waals surface area contributed by atoms with E-state index in [0.717, 1.165) is 18.8 Å². The molecule has 1 fully saturated rings. The number of carbonyl (C=O) groups is 2. The molecule has 6 heteroatoms. The van der Waals surface area contributed by atoms with E-state index >= 15 is 0 Å². The average Bonchev–Trinajstić information content (AvgIpc) is 2.72. The minimum Gasteiger partial charge on any atom is -0.394 e. The molecule has 0 spiro atoms. The van der Waals surface area contributed by atoms with Crippen LogP contribution >= 0.6 is 0 Å². The number of aliphatic hydroxyl groups excluding tert-OH is 1. The number of hydrogen-bond donors (Lipinski definition) is 2. The van der Waals surface area contributed by atoms with Gasteiger partial charge in [-0.25, -0.2) is 0 Å². The minimum absolute atomic E-state index is 0.246. The van der Waals surface area contributed by atoms with Gasteiger partial charge in [-0.15, -0.1) is 0 Å². The predicted molar refractivity (Wildman–Crippen MR) is 100 cm³/mol. The predicted octanol–water partition coefficient (Wildman–Crippen LogP) is 1.13. The molecule has 1 saturated heterocycles. The van der Waals surface area contributed by atoms with Crippen molar-refractivity contribution in [3.05, 3.63) is 66.2 Å². The number of para-hydroxylation sites is 1. The van der Waals surface area contributed by atoms with Gasteiger partial charge in [-0.2, -0.15) is 0 Å². The van der Waals surface area contributed by atoms with Crippen molar-refractivity contribution in [2.75, 3.05) is 37.7 Å². The first-order valence-corrected chi connectivity index (χ1v) is 8.74. The molecule has 2 N–H and O–H groups in total. The van der Waals surface area contributed by atoms with Crippen molar-refractivity contribution in [3.8, 4) is 0 Å². The fourth-order valence-corrected chi connectivity index (χ4v) is 3.06. The Morgan fingerprint density at radius 1 is 0.923 bits per heavy atom. The van der Waals surface area contributed by atoms with E-state index in [1.165, 1.54) is 0 Å². The van der Waals surface area contributed by atoms with E-state index in [1.54, 1.807) is 29.2 Å².